The second-order valence-corrected chi connectivity index (χ2v) is 19.8. The van der Waals surface area contributed by atoms with E-state index in [9.17, 15) is 19.5 Å². The van der Waals surface area contributed by atoms with Crippen LogP contribution in [0.4, 0.5) is 0 Å². The van der Waals surface area contributed by atoms with Gasteiger partial charge in [0.15, 0.2) is 12.4 Å². The van der Waals surface area contributed by atoms with Crippen LogP contribution in [0.15, 0.2) is 122 Å². The zero-order valence-corrected chi connectivity index (χ0v) is 47.0. The van der Waals surface area contributed by atoms with E-state index in [0.717, 1.165) is 128 Å². The van der Waals surface area contributed by atoms with Gasteiger partial charge in [-0.05, 0) is 109 Å². The van der Waals surface area contributed by atoms with Crippen molar-refractivity contribution < 1.29 is 42.9 Å². The van der Waals surface area contributed by atoms with Gasteiger partial charge in [-0.3, -0.25) is 9.59 Å². The standard InChI is InChI=1S/C64H105NO8/c1-6-8-10-12-14-16-18-20-22-24-26-27-28-29-30-31-32-33-34-35-37-39-41-43-45-47-49-51-53-55-62(67)73-60(59-72-64(63(68)69)70-57-56-65(3,4)5)58-71-61(66)54-52-50-48-46-44-42-40-38-36-25-23-21-19-17-15-13-11-9-7-2/h8,10,14-17,20-23,26-27,29-30,32-33,35-38,60,64H,6-7,9,11-13,18-19,24-25,28,31,34,39-59H2,1-5H3/b10-8-,16-14-,17-15-,22-20-,23-21-,27-26-,30-29-,33-32-,37-35-,38-36-. The zero-order chi connectivity index (χ0) is 53.4. The summed E-state index contributed by atoms with van der Waals surface area (Å²) in [5.41, 5.74) is 0. The number of hydrogen-bond acceptors (Lipinski definition) is 8. The minimum atomic E-state index is -1.64. The number of allylic oxidation sites excluding steroid dienone is 20. The molecule has 0 spiro atoms. The molecule has 0 radical (unpaired) electrons. The van der Waals surface area contributed by atoms with E-state index >= 15 is 0 Å². The van der Waals surface area contributed by atoms with E-state index in [4.69, 9.17) is 18.9 Å². The number of carbonyl (C=O) groups is 3. The molecule has 2 atom stereocenters. The maximum atomic E-state index is 12.9. The molecule has 0 saturated carbocycles. The molecule has 0 aliphatic heterocycles. The van der Waals surface area contributed by atoms with Gasteiger partial charge in [0.2, 0.25) is 0 Å². The molecular weight excluding hydrogens is 911 g/mol. The maximum absolute atomic E-state index is 12.9. The molecule has 0 fully saturated rings. The number of esters is 2. The molecule has 0 N–H and O–H groups in total. The SMILES string of the molecule is CC/C=C\C/C=C\C/C=C\C/C=C\C/C=C\C/C=C\C/C=C\CCCCCCCCCC(=O)OC(COC(=O)CCCCCCCC/C=C\C/C=C\C/C=C\CCCCC)COC(OCC[N+](C)(C)C)C(=O)[O-]. The monoisotopic (exact) mass is 1020 g/mol. The largest absolute Gasteiger partial charge is 0.545 e. The van der Waals surface area contributed by atoms with E-state index in [2.05, 4.69) is 135 Å². The van der Waals surface area contributed by atoms with Crippen molar-refractivity contribution in [3.63, 3.8) is 0 Å². The molecule has 0 aliphatic carbocycles. The van der Waals surface area contributed by atoms with E-state index in [0.29, 0.717) is 17.4 Å². The van der Waals surface area contributed by atoms with Gasteiger partial charge in [-0.15, -0.1) is 0 Å². The molecule has 0 aromatic carbocycles. The quantitative estimate of drug-likeness (QED) is 0.0195. The molecule has 0 rings (SSSR count). The summed E-state index contributed by atoms with van der Waals surface area (Å²) in [5, 5.41) is 11.8. The average molecular weight is 1020 g/mol. The lowest BCUT2D eigenvalue weighted by atomic mass is 10.1. The molecule has 0 bridgehead atoms. The van der Waals surface area contributed by atoms with Crippen molar-refractivity contribution in [3.05, 3.63) is 122 Å². The van der Waals surface area contributed by atoms with Crippen LogP contribution >= 0.6 is 0 Å². The molecule has 9 nitrogen and oxygen atoms in total. The number of unbranched alkanes of at least 4 members (excludes halogenated alkanes) is 16. The van der Waals surface area contributed by atoms with E-state index in [-0.39, 0.29) is 38.6 Å². The Hall–Kier alpha value is -4.31. The smallest absolute Gasteiger partial charge is 0.306 e. The van der Waals surface area contributed by atoms with Gasteiger partial charge in [-0.1, -0.05) is 206 Å². The van der Waals surface area contributed by atoms with E-state index in [1.165, 1.54) is 44.9 Å². The molecule has 0 aliphatic rings. The fourth-order valence-electron chi connectivity index (χ4n) is 7.29. The Kier molecular flexibility index (Phi) is 50.8. The van der Waals surface area contributed by atoms with Gasteiger partial charge in [0, 0.05) is 12.8 Å². The Bertz CT molecular complexity index is 1610. The van der Waals surface area contributed by atoms with Crippen LogP contribution in [0.25, 0.3) is 0 Å². The lowest BCUT2D eigenvalue weighted by Crippen LogP contribution is -2.44. The highest BCUT2D eigenvalue weighted by molar-refractivity contribution is 5.70. The van der Waals surface area contributed by atoms with Crippen molar-refractivity contribution in [3.8, 4) is 0 Å². The molecule has 0 saturated heterocycles. The van der Waals surface area contributed by atoms with Crippen LogP contribution < -0.4 is 5.11 Å². The number of quaternary nitrogens is 1. The number of carboxylic acids is 1. The Morgan fingerprint density at radius 3 is 1.16 bits per heavy atom. The summed E-state index contributed by atoms with van der Waals surface area (Å²) < 4.78 is 22.7. The highest BCUT2D eigenvalue weighted by Crippen LogP contribution is 2.14. The fraction of sp³-hybridized carbons (Fsp3) is 0.641. The van der Waals surface area contributed by atoms with Gasteiger partial charge in [-0.2, -0.15) is 0 Å². The summed E-state index contributed by atoms with van der Waals surface area (Å²) in [5.74, 6) is -2.33. The first kappa shape index (κ1) is 68.7. The van der Waals surface area contributed by atoms with Crippen molar-refractivity contribution in [2.75, 3.05) is 47.5 Å². The minimum Gasteiger partial charge on any atom is -0.545 e. The normalized spacial score (nSPS) is 13.7. The van der Waals surface area contributed by atoms with E-state index in [1.807, 2.05) is 21.1 Å². The van der Waals surface area contributed by atoms with Crippen molar-refractivity contribution in [1.29, 1.82) is 0 Å². The van der Waals surface area contributed by atoms with E-state index < -0.39 is 24.3 Å². The van der Waals surface area contributed by atoms with Crippen LogP contribution in [0.2, 0.25) is 0 Å². The Labute approximate surface area is 447 Å². The number of nitrogens with zero attached hydrogens (tertiary/aromatic N) is 1. The second kappa shape index (κ2) is 54.0. The van der Waals surface area contributed by atoms with Gasteiger partial charge in [0.25, 0.3) is 0 Å². The number of aliphatic carboxylic acids is 1. The number of likely N-dealkylation sites (N-methyl/N-ethyl adjacent to an activating group) is 1. The van der Waals surface area contributed by atoms with Gasteiger partial charge >= 0.3 is 11.9 Å². The minimum absolute atomic E-state index is 0.136. The van der Waals surface area contributed by atoms with Crippen molar-refractivity contribution >= 4 is 17.9 Å². The number of ether oxygens (including phenoxy) is 4. The summed E-state index contributed by atoms with van der Waals surface area (Å²) in [7, 11) is 5.90. The van der Waals surface area contributed by atoms with Crippen LogP contribution in [-0.2, 0) is 33.3 Å². The number of carbonyl (C=O) groups excluding carboxylic acids is 3. The van der Waals surface area contributed by atoms with Crippen LogP contribution in [0.3, 0.4) is 0 Å². The average Bonchev–Trinajstić information content (AvgIpc) is 3.36. The maximum Gasteiger partial charge on any atom is 0.306 e. The molecule has 414 valence electrons. The lowest BCUT2D eigenvalue weighted by molar-refractivity contribution is -0.870. The predicted octanol–water partition coefficient (Wildman–Crippen LogP) is 15.6. The molecule has 0 heterocycles. The fourth-order valence-corrected chi connectivity index (χ4v) is 7.29. The molecular formula is C64H105NO8. The summed E-state index contributed by atoms with van der Waals surface area (Å²) in [4.78, 5) is 37.3. The van der Waals surface area contributed by atoms with Crippen molar-refractivity contribution in [2.24, 2.45) is 0 Å². The van der Waals surface area contributed by atoms with Gasteiger partial charge in [0.05, 0.1) is 40.3 Å². The Morgan fingerprint density at radius 1 is 0.425 bits per heavy atom. The van der Waals surface area contributed by atoms with Crippen molar-refractivity contribution in [1.82, 2.24) is 0 Å². The van der Waals surface area contributed by atoms with Crippen LogP contribution in [0, 0.1) is 0 Å². The van der Waals surface area contributed by atoms with Crippen LogP contribution in [0.1, 0.15) is 206 Å². The molecule has 9 heteroatoms. The molecule has 0 aromatic rings. The molecule has 0 aromatic heterocycles. The van der Waals surface area contributed by atoms with Gasteiger partial charge < -0.3 is 33.3 Å². The summed E-state index contributed by atoms with van der Waals surface area (Å²) >= 11 is 0. The molecule has 0 amide bonds. The molecule has 73 heavy (non-hydrogen) atoms. The summed E-state index contributed by atoms with van der Waals surface area (Å²) in [6, 6.07) is 0. The van der Waals surface area contributed by atoms with Crippen LogP contribution in [0.5, 0.6) is 0 Å². The summed E-state index contributed by atoms with van der Waals surface area (Å²) in [6.45, 7) is 4.56. The molecule has 2 unspecified atom stereocenters. The highest BCUT2D eigenvalue weighted by Gasteiger charge is 2.22. The third kappa shape index (κ3) is 55.3. The highest BCUT2D eigenvalue weighted by atomic mass is 16.7. The van der Waals surface area contributed by atoms with Gasteiger partial charge in [-0.25, -0.2) is 0 Å². The second-order valence-electron chi connectivity index (χ2n) is 19.8. The zero-order valence-electron chi connectivity index (χ0n) is 47.0. The summed E-state index contributed by atoms with van der Waals surface area (Å²) in [6.07, 6.45) is 72.3. The first-order valence-corrected chi connectivity index (χ1v) is 28.7. The predicted molar refractivity (Wildman–Crippen MR) is 306 cm³/mol. The third-order valence-electron chi connectivity index (χ3n) is 11.7. The first-order valence-electron chi connectivity index (χ1n) is 28.7. The van der Waals surface area contributed by atoms with E-state index in [1.54, 1.807) is 0 Å². The number of hydrogen-bond donors (Lipinski definition) is 0. The lowest BCUT2D eigenvalue weighted by Gasteiger charge is -2.26. The first-order chi connectivity index (χ1) is 35.6. The van der Waals surface area contributed by atoms with Crippen LogP contribution in [-0.4, -0.2) is 82.3 Å². The topological polar surface area (TPSA) is 111 Å². The van der Waals surface area contributed by atoms with Gasteiger partial charge in [0.1, 0.15) is 13.2 Å². The van der Waals surface area contributed by atoms with Crippen molar-refractivity contribution in [2.45, 2.75) is 219 Å². The Morgan fingerprint density at radius 2 is 0.781 bits per heavy atom. The third-order valence-corrected chi connectivity index (χ3v) is 11.7. The Balaban J connectivity index is 4.34. The number of carboxylic acid groups (broad SMARTS) is 1. The number of rotatable bonds is 51.